The average Bonchev–Trinajstić information content (AvgIpc) is 3.27. The van der Waals surface area contributed by atoms with Crippen molar-refractivity contribution >= 4 is 53.8 Å². The van der Waals surface area contributed by atoms with Crippen molar-refractivity contribution in [1.82, 2.24) is 19.4 Å². The summed E-state index contributed by atoms with van der Waals surface area (Å²) in [5.41, 5.74) is 6.64. The lowest BCUT2D eigenvalue weighted by molar-refractivity contribution is 0.0343. The van der Waals surface area contributed by atoms with E-state index < -0.39 is 0 Å². The summed E-state index contributed by atoms with van der Waals surface area (Å²) in [4.78, 5) is 9.82. The Bertz CT molecular complexity index is 1050. The number of halogens is 3. The van der Waals surface area contributed by atoms with E-state index in [1.807, 2.05) is 6.33 Å². The highest BCUT2D eigenvalue weighted by Gasteiger charge is 2.15. The van der Waals surface area contributed by atoms with E-state index >= 15 is 0 Å². The number of para-hydroxylation sites is 1. The summed E-state index contributed by atoms with van der Waals surface area (Å²) in [6.07, 6.45) is 8.01. The molecular formula is C27H37Cl3N4O. The molecule has 1 saturated heterocycles. The molecule has 0 amide bonds. The van der Waals surface area contributed by atoms with Crippen LogP contribution in [0.3, 0.4) is 0 Å². The second kappa shape index (κ2) is 14.8. The molecule has 1 aromatic heterocycles. The number of aromatic nitrogens is 2. The van der Waals surface area contributed by atoms with E-state index in [4.69, 9.17) is 9.72 Å². The summed E-state index contributed by atoms with van der Waals surface area (Å²) in [5, 5.41) is 0. The number of morpholine rings is 1. The van der Waals surface area contributed by atoms with Gasteiger partial charge in [-0.2, -0.15) is 0 Å². The Morgan fingerprint density at radius 1 is 0.800 bits per heavy atom. The normalized spacial score (nSPS) is 16.6. The molecule has 3 aromatic rings. The number of hydrogen-bond acceptors (Lipinski definition) is 4. The van der Waals surface area contributed by atoms with Gasteiger partial charge in [-0.3, -0.25) is 9.80 Å². The lowest BCUT2D eigenvalue weighted by Gasteiger charge is -2.26. The van der Waals surface area contributed by atoms with Gasteiger partial charge in [-0.1, -0.05) is 48.5 Å². The first-order valence-corrected chi connectivity index (χ1v) is 12.1. The zero-order valence-electron chi connectivity index (χ0n) is 20.2. The molecule has 1 fully saturated rings. The maximum Gasteiger partial charge on any atom is 0.0958 e. The molecule has 0 saturated carbocycles. The molecule has 0 N–H and O–H groups in total. The summed E-state index contributed by atoms with van der Waals surface area (Å²) < 4.78 is 7.82. The Morgan fingerprint density at radius 2 is 1.57 bits per heavy atom. The van der Waals surface area contributed by atoms with Gasteiger partial charge in [0.05, 0.1) is 30.6 Å². The summed E-state index contributed by atoms with van der Waals surface area (Å²) in [6, 6.07) is 17.4. The van der Waals surface area contributed by atoms with Crippen LogP contribution >= 0.6 is 37.2 Å². The van der Waals surface area contributed by atoms with Crippen molar-refractivity contribution in [3.05, 3.63) is 72.1 Å². The topological polar surface area (TPSA) is 33.5 Å². The van der Waals surface area contributed by atoms with Gasteiger partial charge in [0.15, 0.2) is 0 Å². The molecule has 0 atom stereocenters. The molecular weight excluding hydrogens is 503 g/mol. The van der Waals surface area contributed by atoms with E-state index in [-0.39, 0.29) is 37.2 Å². The van der Waals surface area contributed by atoms with Crippen LogP contribution in [0.4, 0.5) is 0 Å². The Hall–Kier alpha value is -1.60. The average molecular weight is 540 g/mol. The van der Waals surface area contributed by atoms with Crippen LogP contribution in [0.25, 0.3) is 16.6 Å². The van der Waals surface area contributed by atoms with Gasteiger partial charge in [0.2, 0.25) is 0 Å². The molecule has 5 nitrogen and oxygen atoms in total. The summed E-state index contributed by atoms with van der Waals surface area (Å²) >= 11 is 0. The predicted octanol–water partition coefficient (Wildman–Crippen LogP) is 5.70. The molecule has 8 heteroatoms. The molecule has 0 aliphatic carbocycles. The van der Waals surface area contributed by atoms with E-state index in [1.54, 1.807) is 0 Å². The third-order valence-electron chi connectivity index (χ3n) is 6.79. The molecule has 0 spiro atoms. The first-order chi connectivity index (χ1) is 15.9. The van der Waals surface area contributed by atoms with E-state index in [0.717, 1.165) is 57.9 Å². The summed E-state index contributed by atoms with van der Waals surface area (Å²) in [6.45, 7) is 9.11. The van der Waals surface area contributed by atoms with Gasteiger partial charge >= 0.3 is 0 Å². The van der Waals surface area contributed by atoms with E-state index in [9.17, 15) is 0 Å². The number of hydrogen-bond donors (Lipinski definition) is 0. The van der Waals surface area contributed by atoms with Crippen molar-refractivity contribution in [3.8, 4) is 0 Å². The Labute approximate surface area is 227 Å². The van der Waals surface area contributed by atoms with Gasteiger partial charge in [-0.15, -0.1) is 37.2 Å². The smallest absolute Gasteiger partial charge is 0.0958 e. The second-order valence-corrected chi connectivity index (χ2v) is 8.96. The third-order valence-corrected chi connectivity index (χ3v) is 6.79. The van der Waals surface area contributed by atoms with Crippen LogP contribution in [0.1, 0.15) is 30.4 Å². The van der Waals surface area contributed by atoms with Gasteiger partial charge in [0, 0.05) is 39.3 Å². The number of imidazole rings is 1. The fraction of sp³-hybridized carbons (Fsp3) is 0.444. The van der Waals surface area contributed by atoms with Crippen molar-refractivity contribution in [1.29, 1.82) is 0 Å². The largest absolute Gasteiger partial charge is 0.379 e. The zero-order valence-corrected chi connectivity index (χ0v) is 22.6. The maximum absolute atomic E-state index is 5.49. The molecule has 2 aliphatic heterocycles. The first kappa shape index (κ1) is 29.6. The lowest BCUT2D eigenvalue weighted by Crippen LogP contribution is -2.35. The highest BCUT2D eigenvalue weighted by Crippen LogP contribution is 2.23. The van der Waals surface area contributed by atoms with Crippen LogP contribution in [0, 0.1) is 0 Å². The van der Waals surface area contributed by atoms with Crippen molar-refractivity contribution in [2.75, 3.05) is 45.9 Å². The number of ether oxygens (including phenoxy) is 1. The van der Waals surface area contributed by atoms with E-state index in [1.165, 1.54) is 48.1 Å². The number of rotatable bonds is 8. The molecule has 3 heterocycles. The summed E-state index contributed by atoms with van der Waals surface area (Å²) in [5.74, 6) is 0. The quantitative estimate of drug-likeness (QED) is 0.344. The Balaban J connectivity index is 0.00000144. The maximum atomic E-state index is 5.49. The molecule has 2 aliphatic rings. The number of aryl methyl sites for hydroxylation is 1. The fourth-order valence-corrected chi connectivity index (χ4v) is 4.90. The van der Waals surface area contributed by atoms with Crippen molar-refractivity contribution in [2.45, 2.75) is 32.4 Å². The minimum atomic E-state index is 0. The van der Waals surface area contributed by atoms with Crippen LogP contribution < -0.4 is 0 Å². The van der Waals surface area contributed by atoms with Gasteiger partial charge in [0.25, 0.3) is 0 Å². The predicted molar refractivity (Wildman–Crippen MR) is 152 cm³/mol. The molecule has 5 rings (SSSR count). The number of fused-ring (bicyclic) bond motifs is 1. The van der Waals surface area contributed by atoms with Crippen LogP contribution in [-0.2, 0) is 17.8 Å². The highest BCUT2D eigenvalue weighted by molar-refractivity contribution is 5.86. The van der Waals surface area contributed by atoms with Crippen molar-refractivity contribution in [3.63, 3.8) is 0 Å². The first-order valence-electron chi connectivity index (χ1n) is 12.1. The van der Waals surface area contributed by atoms with Crippen LogP contribution in [0.15, 0.2) is 60.9 Å². The van der Waals surface area contributed by atoms with Gasteiger partial charge in [-0.25, -0.2) is 4.98 Å². The SMILES string of the molecule is C1=C(c2ccccc2)CCN(CCCCn2cnc3c(CN4CCOCC4)cccc32)C1.Cl.Cl.Cl. The Kier molecular flexibility index (Phi) is 12.6. The third kappa shape index (κ3) is 7.69. The van der Waals surface area contributed by atoms with Gasteiger partial charge in [-0.05, 0) is 48.6 Å². The van der Waals surface area contributed by atoms with Crippen LogP contribution in [0.2, 0.25) is 0 Å². The van der Waals surface area contributed by atoms with E-state index in [0.29, 0.717) is 0 Å². The molecule has 0 unspecified atom stereocenters. The van der Waals surface area contributed by atoms with Gasteiger partial charge < -0.3 is 9.30 Å². The summed E-state index contributed by atoms with van der Waals surface area (Å²) in [7, 11) is 0. The standard InChI is InChI=1S/C27H34N4O.3ClH/c1-2-7-23(8-3-1)24-11-15-29(16-12-24)13-4-5-14-31-22-28-27-25(9-6-10-26(27)31)21-30-17-19-32-20-18-30;;;/h1-3,6-11,22H,4-5,12-21H2;3*1H. The zero-order chi connectivity index (χ0) is 21.6. The van der Waals surface area contributed by atoms with Crippen molar-refractivity contribution in [2.24, 2.45) is 0 Å². The Morgan fingerprint density at radius 3 is 2.31 bits per heavy atom. The molecule has 0 radical (unpaired) electrons. The number of benzene rings is 2. The highest BCUT2D eigenvalue weighted by atomic mass is 35.5. The number of unbranched alkanes of at least 4 members (excludes halogenated alkanes) is 1. The molecule has 35 heavy (non-hydrogen) atoms. The lowest BCUT2D eigenvalue weighted by atomic mass is 9.99. The monoisotopic (exact) mass is 538 g/mol. The van der Waals surface area contributed by atoms with E-state index in [2.05, 4.69) is 69.0 Å². The van der Waals surface area contributed by atoms with Crippen molar-refractivity contribution < 1.29 is 4.74 Å². The molecule has 0 bridgehead atoms. The minimum absolute atomic E-state index is 0. The van der Waals surface area contributed by atoms with Crippen LogP contribution in [-0.4, -0.2) is 65.3 Å². The fourth-order valence-electron chi connectivity index (χ4n) is 4.90. The molecule has 2 aromatic carbocycles. The van der Waals surface area contributed by atoms with Gasteiger partial charge in [0.1, 0.15) is 0 Å². The molecule has 192 valence electrons. The minimum Gasteiger partial charge on any atom is -0.379 e. The number of nitrogens with zero attached hydrogens (tertiary/aromatic N) is 4. The van der Waals surface area contributed by atoms with Crippen LogP contribution in [0.5, 0.6) is 0 Å². The second-order valence-electron chi connectivity index (χ2n) is 8.96.